The van der Waals surface area contributed by atoms with Crippen molar-refractivity contribution in [3.63, 3.8) is 0 Å². The van der Waals surface area contributed by atoms with E-state index in [2.05, 4.69) is 35.6 Å². The molecule has 0 unspecified atom stereocenters. The minimum atomic E-state index is -0.204. The second-order valence-electron chi connectivity index (χ2n) is 7.91. The highest BCUT2D eigenvalue weighted by Crippen LogP contribution is 2.12. The van der Waals surface area contributed by atoms with E-state index in [1.54, 1.807) is 32.4 Å². The number of likely N-dealkylation sites (N-methyl/N-ethyl adjacent to an activating group) is 2. The smallest absolute Gasteiger partial charge is 0.218 e. The van der Waals surface area contributed by atoms with Gasteiger partial charge in [0.1, 0.15) is 5.82 Å². The Hall–Kier alpha value is -2.93. The van der Waals surface area contributed by atoms with E-state index >= 15 is 0 Å². The van der Waals surface area contributed by atoms with Gasteiger partial charge in [-0.1, -0.05) is 17.3 Å². The lowest BCUT2D eigenvalue weighted by molar-refractivity contribution is 0.115. The molecule has 0 fully saturated rings. The predicted molar refractivity (Wildman–Crippen MR) is 127 cm³/mol. The van der Waals surface area contributed by atoms with Gasteiger partial charge >= 0.3 is 0 Å². The lowest BCUT2D eigenvalue weighted by Crippen LogP contribution is -2.33. The molecule has 0 saturated carbocycles. The summed E-state index contributed by atoms with van der Waals surface area (Å²) in [5.41, 5.74) is 3.46. The maximum Gasteiger partial charge on any atom is 0.218 e. The largest absolute Gasteiger partial charge is 0.481 e. The van der Waals surface area contributed by atoms with Crippen molar-refractivity contribution >= 4 is 5.71 Å². The molecule has 1 aromatic heterocycles. The molecule has 0 saturated heterocycles. The number of ether oxygens (including phenoxy) is 1. The molecule has 6 nitrogen and oxygen atoms in total. The fraction of sp³-hybridized carbons (Fsp3) is 0.440. The second kappa shape index (κ2) is 12.8. The van der Waals surface area contributed by atoms with Gasteiger partial charge in [0.15, 0.2) is 0 Å². The van der Waals surface area contributed by atoms with E-state index in [-0.39, 0.29) is 5.82 Å². The summed E-state index contributed by atoms with van der Waals surface area (Å²) in [5, 5.41) is 4.18. The van der Waals surface area contributed by atoms with Crippen molar-refractivity contribution in [2.45, 2.75) is 33.6 Å². The minimum Gasteiger partial charge on any atom is -0.481 e. The molecular formula is C25H35FN4O2. The zero-order valence-electron chi connectivity index (χ0n) is 19.9. The number of aromatic nitrogens is 1. The van der Waals surface area contributed by atoms with Gasteiger partial charge in [0.05, 0.1) is 12.8 Å². The van der Waals surface area contributed by atoms with Gasteiger partial charge < -0.3 is 19.4 Å². The van der Waals surface area contributed by atoms with Gasteiger partial charge in [-0.25, -0.2) is 9.37 Å². The van der Waals surface area contributed by atoms with E-state index in [0.29, 0.717) is 23.7 Å². The van der Waals surface area contributed by atoms with Crippen LogP contribution < -0.4 is 4.74 Å². The van der Waals surface area contributed by atoms with Crippen molar-refractivity contribution in [3.05, 3.63) is 71.5 Å². The van der Waals surface area contributed by atoms with E-state index in [0.717, 1.165) is 43.9 Å². The van der Waals surface area contributed by atoms with E-state index in [9.17, 15) is 4.39 Å². The Bertz CT molecular complexity index is 917. The first-order chi connectivity index (χ1) is 15.3. The summed E-state index contributed by atoms with van der Waals surface area (Å²) in [7, 11) is 3.72. The number of pyridine rings is 1. The summed E-state index contributed by atoms with van der Waals surface area (Å²) in [6.07, 6.45) is 3.22. The maximum absolute atomic E-state index is 13.7. The van der Waals surface area contributed by atoms with Crippen molar-refractivity contribution in [1.82, 2.24) is 14.8 Å². The quantitative estimate of drug-likeness (QED) is 0.261. The summed E-state index contributed by atoms with van der Waals surface area (Å²) in [5.74, 6) is 0.943. The van der Waals surface area contributed by atoms with Crippen LogP contribution in [0.1, 0.15) is 30.5 Å². The average Bonchev–Trinajstić information content (AvgIpc) is 2.79. The Balaban J connectivity index is 1.78. The number of rotatable bonds is 13. The van der Waals surface area contributed by atoms with E-state index < -0.39 is 0 Å². The molecule has 7 heteroatoms. The maximum atomic E-state index is 13.7. The van der Waals surface area contributed by atoms with Gasteiger partial charge in [0, 0.05) is 44.9 Å². The van der Waals surface area contributed by atoms with Gasteiger partial charge in [0.25, 0.3) is 0 Å². The number of hydrogen-bond donors (Lipinski definition) is 0. The highest BCUT2D eigenvalue weighted by Gasteiger charge is 2.10. The van der Waals surface area contributed by atoms with Gasteiger partial charge in [-0.3, -0.25) is 0 Å². The zero-order valence-corrected chi connectivity index (χ0v) is 19.9. The predicted octanol–water partition coefficient (Wildman–Crippen LogP) is 4.44. The van der Waals surface area contributed by atoms with Crippen molar-refractivity contribution in [2.75, 3.05) is 40.3 Å². The van der Waals surface area contributed by atoms with Crippen LogP contribution in [0.15, 0.2) is 54.1 Å². The molecule has 0 aliphatic carbocycles. The van der Waals surface area contributed by atoms with Crippen LogP contribution in [0.25, 0.3) is 0 Å². The van der Waals surface area contributed by atoms with Crippen LogP contribution in [-0.4, -0.2) is 60.8 Å². The second-order valence-corrected chi connectivity index (χ2v) is 7.91. The van der Waals surface area contributed by atoms with E-state index in [1.165, 1.54) is 5.56 Å². The summed E-state index contributed by atoms with van der Waals surface area (Å²) < 4.78 is 18.9. The molecule has 0 radical (unpaired) electrons. The fourth-order valence-corrected chi connectivity index (χ4v) is 3.16. The Morgan fingerprint density at radius 3 is 2.62 bits per heavy atom. The Morgan fingerprint density at radius 2 is 1.94 bits per heavy atom. The van der Waals surface area contributed by atoms with Crippen molar-refractivity contribution in [1.29, 1.82) is 0 Å². The number of methoxy groups -OCH3 is 1. The third kappa shape index (κ3) is 8.30. The highest BCUT2D eigenvalue weighted by atomic mass is 19.1. The molecule has 0 bridgehead atoms. The third-order valence-electron chi connectivity index (χ3n) is 5.28. The third-order valence-corrected chi connectivity index (χ3v) is 5.28. The van der Waals surface area contributed by atoms with Crippen LogP contribution in [0.2, 0.25) is 0 Å². The Morgan fingerprint density at radius 1 is 1.16 bits per heavy atom. The van der Waals surface area contributed by atoms with E-state index in [1.807, 2.05) is 30.0 Å². The SMILES string of the molecule is C=C(O/N=C(\C)Cc1ccc(C)c(F)c1)N(CC)CCN(C)CCc1ccnc(OC)c1. The van der Waals surface area contributed by atoms with Crippen molar-refractivity contribution < 1.29 is 14.0 Å². The van der Waals surface area contributed by atoms with Gasteiger partial charge in [-0.2, -0.15) is 0 Å². The number of nitrogens with zero attached hydrogens (tertiary/aromatic N) is 4. The topological polar surface area (TPSA) is 50.2 Å². The molecule has 174 valence electrons. The molecule has 2 aromatic rings. The van der Waals surface area contributed by atoms with Gasteiger partial charge in [-0.15, -0.1) is 0 Å². The lowest BCUT2D eigenvalue weighted by Gasteiger charge is -2.26. The zero-order chi connectivity index (χ0) is 23.5. The van der Waals surface area contributed by atoms with Crippen LogP contribution in [0.4, 0.5) is 4.39 Å². The average molecular weight is 443 g/mol. The monoisotopic (exact) mass is 442 g/mol. The molecule has 2 rings (SSSR count). The van der Waals surface area contributed by atoms with Crippen LogP contribution in [0.5, 0.6) is 5.88 Å². The summed E-state index contributed by atoms with van der Waals surface area (Å²) >= 11 is 0. The molecule has 0 amide bonds. The first-order valence-electron chi connectivity index (χ1n) is 10.9. The molecule has 32 heavy (non-hydrogen) atoms. The van der Waals surface area contributed by atoms with Gasteiger partial charge in [0.2, 0.25) is 11.8 Å². The van der Waals surface area contributed by atoms with Crippen LogP contribution in [-0.2, 0) is 17.7 Å². The summed E-state index contributed by atoms with van der Waals surface area (Å²) in [6.45, 7) is 13.0. The van der Waals surface area contributed by atoms with Crippen molar-refractivity contribution in [3.8, 4) is 5.88 Å². The minimum absolute atomic E-state index is 0.204. The Labute approximate surface area is 191 Å². The molecule has 0 aliphatic rings. The molecule has 0 spiro atoms. The number of aryl methyl sites for hydroxylation is 1. The normalized spacial score (nSPS) is 11.5. The summed E-state index contributed by atoms with van der Waals surface area (Å²) in [6, 6.07) is 9.20. The van der Waals surface area contributed by atoms with Crippen LogP contribution in [0.3, 0.4) is 0 Å². The van der Waals surface area contributed by atoms with E-state index in [4.69, 9.17) is 9.57 Å². The van der Waals surface area contributed by atoms with Crippen molar-refractivity contribution in [2.24, 2.45) is 5.16 Å². The molecule has 0 N–H and O–H groups in total. The number of halogens is 1. The fourth-order valence-electron chi connectivity index (χ4n) is 3.16. The molecule has 0 aliphatic heterocycles. The molecule has 1 aromatic carbocycles. The van der Waals surface area contributed by atoms with Gasteiger partial charge in [-0.05, 0) is 69.6 Å². The molecular weight excluding hydrogens is 407 g/mol. The van der Waals surface area contributed by atoms with Crippen LogP contribution in [0, 0.1) is 12.7 Å². The highest BCUT2D eigenvalue weighted by molar-refractivity contribution is 5.83. The number of oxime groups is 1. The Kier molecular flexibility index (Phi) is 10.1. The lowest BCUT2D eigenvalue weighted by atomic mass is 10.1. The number of benzene rings is 1. The molecule has 0 atom stereocenters. The first kappa shape index (κ1) is 25.3. The molecule has 1 heterocycles. The van der Waals surface area contributed by atoms with Crippen LogP contribution >= 0.6 is 0 Å². The number of hydrogen-bond acceptors (Lipinski definition) is 6. The first-order valence-corrected chi connectivity index (χ1v) is 10.9. The standard InChI is InChI=1S/C25H35FN4O2/c1-7-30(15-14-29(5)13-11-22-10-12-27-25(18-22)31-6)21(4)32-28-20(3)16-23-9-8-19(2)24(26)17-23/h8-10,12,17-18H,4,7,11,13-16H2,1-3,5-6H3/b28-20+. The summed E-state index contributed by atoms with van der Waals surface area (Å²) in [4.78, 5) is 14.0.